The minimum atomic E-state index is -0.334. The van der Waals surface area contributed by atoms with Gasteiger partial charge < -0.3 is 10.5 Å². The predicted octanol–water partition coefficient (Wildman–Crippen LogP) is 1.52. The van der Waals surface area contributed by atoms with Crippen molar-refractivity contribution in [1.29, 1.82) is 0 Å². The van der Waals surface area contributed by atoms with Gasteiger partial charge in [0.15, 0.2) is 0 Å². The molecule has 1 amide bonds. The van der Waals surface area contributed by atoms with E-state index in [1.165, 1.54) is 0 Å². The lowest BCUT2D eigenvalue weighted by Gasteiger charge is -2.21. The molecule has 1 aromatic rings. The second-order valence-corrected chi connectivity index (χ2v) is 4.30. The number of amides is 1. The summed E-state index contributed by atoms with van der Waals surface area (Å²) in [5, 5.41) is 0.678. The Morgan fingerprint density at radius 3 is 2.59 bits per heavy atom. The molecule has 0 saturated heterocycles. The summed E-state index contributed by atoms with van der Waals surface area (Å²) >= 11 is 5.76. The molecule has 1 aromatic carbocycles. The van der Waals surface area contributed by atoms with Crippen molar-refractivity contribution in [3.05, 3.63) is 29.3 Å². The Kier molecular flexibility index (Phi) is 5.25. The molecule has 17 heavy (non-hydrogen) atoms. The average Bonchev–Trinajstić information content (AvgIpc) is 2.30. The normalized spacial score (nSPS) is 12.5. The number of ether oxygens (including phenoxy) is 1. The quantitative estimate of drug-likeness (QED) is 0.840. The Morgan fingerprint density at radius 1 is 1.47 bits per heavy atom. The molecule has 5 heteroatoms. The minimum Gasteiger partial charge on any atom is -0.492 e. The van der Waals surface area contributed by atoms with Crippen LogP contribution >= 0.6 is 11.6 Å². The van der Waals surface area contributed by atoms with Crippen LogP contribution in [0.1, 0.15) is 6.92 Å². The van der Waals surface area contributed by atoms with E-state index in [0.717, 1.165) is 5.75 Å². The monoisotopic (exact) mass is 256 g/mol. The topological polar surface area (TPSA) is 55.6 Å². The second-order valence-electron chi connectivity index (χ2n) is 3.86. The third kappa shape index (κ3) is 4.63. The molecule has 1 unspecified atom stereocenters. The Balaban J connectivity index is 2.32. The van der Waals surface area contributed by atoms with Crippen molar-refractivity contribution < 1.29 is 9.53 Å². The fraction of sp³-hybridized carbons (Fsp3) is 0.417. The van der Waals surface area contributed by atoms with Crippen LogP contribution in [0.15, 0.2) is 24.3 Å². The Bertz CT molecular complexity index is 367. The maximum Gasteiger partial charge on any atom is 0.234 e. The van der Waals surface area contributed by atoms with Crippen LogP contribution in [-0.2, 0) is 4.79 Å². The molecule has 0 aliphatic carbocycles. The summed E-state index contributed by atoms with van der Waals surface area (Å²) in [5.41, 5.74) is 5.20. The van der Waals surface area contributed by atoms with E-state index >= 15 is 0 Å². The molecule has 1 rings (SSSR count). The molecule has 2 N–H and O–H groups in total. The fourth-order valence-corrected chi connectivity index (χ4v) is 1.38. The summed E-state index contributed by atoms with van der Waals surface area (Å²) in [7, 11) is 1.83. The van der Waals surface area contributed by atoms with Gasteiger partial charge in [-0.05, 0) is 38.2 Å². The number of rotatable bonds is 6. The van der Waals surface area contributed by atoms with Gasteiger partial charge in [0.2, 0.25) is 5.91 Å². The van der Waals surface area contributed by atoms with Crippen LogP contribution in [0.3, 0.4) is 0 Å². The van der Waals surface area contributed by atoms with Crippen LogP contribution in [0.5, 0.6) is 5.75 Å². The van der Waals surface area contributed by atoms with Crippen molar-refractivity contribution >= 4 is 17.5 Å². The summed E-state index contributed by atoms with van der Waals surface area (Å²) in [5.74, 6) is 0.425. The van der Waals surface area contributed by atoms with E-state index in [4.69, 9.17) is 22.1 Å². The van der Waals surface area contributed by atoms with Crippen molar-refractivity contribution in [3.8, 4) is 5.75 Å². The lowest BCUT2D eigenvalue weighted by atomic mass is 10.3. The molecule has 4 nitrogen and oxygen atoms in total. The van der Waals surface area contributed by atoms with E-state index in [9.17, 15) is 4.79 Å². The van der Waals surface area contributed by atoms with Gasteiger partial charge in [0.25, 0.3) is 0 Å². The molecule has 0 spiro atoms. The SMILES string of the molecule is CC(C(N)=O)N(C)CCOc1ccc(Cl)cc1. The highest BCUT2D eigenvalue weighted by molar-refractivity contribution is 6.30. The van der Waals surface area contributed by atoms with Gasteiger partial charge in [0, 0.05) is 11.6 Å². The average molecular weight is 257 g/mol. The second kappa shape index (κ2) is 6.47. The van der Waals surface area contributed by atoms with Gasteiger partial charge in [-0.1, -0.05) is 11.6 Å². The first-order valence-corrected chi connectivity index (χ1v) is 5.76. The molecule has 0 radical (unpaired) electrons. The van der Waals surface area contributed by atoms with Gasteiger partial charge in [-0.2, -0.15) is 0 Å². The van der Waals surface area contributed by atoms with Gasteiger partial charge in [-0.3, -0.25) is 9.69 Å². The Morgan fingerprint density at radius 2 is 2.06 bits per heavy atom. The molecule has 0 aliphatic heterocycles. The first-order chi connectivity index (χ1) is 8.00. The van der Waals surface area contributed by atoms with Crippen molar-refractivity contribution in [2.24, 2.45) is 5.73 Å². The van der Waals surface area contributed by atoms with Crippen molar-refractivity contribution in [2.75, 3.05) is 20.2 Å². The molecule has 1 atom stereocenters. The highest BCUT2D eigenvalue weighted by atomic mass is 35.5. The summed E-state index contributed by atoms with van der Waals surface area (Å²) in [6, 6.07) is 6.86. The molecule has 0 bridgehead atoms. The molecule has 0 saturated carbocycles. The van der Waals surface area contributed by atoms with Gasteiger partial charge in [0.1, 0.15) is 12.4 Å². The number of hydrogen-bond donors (Lipinski definition) is 1. The molecular weight excluding hydrogens is 240 g/mol. The number of nitrogens with zero attached hydrogens (tertiary/aromatic N) is 1. The number of primary amides is 1. The third-order valence-electron chi connectivity index (χ3n) is 2.60. The van der Waals surface area contributed by atoms with E-state index in [0.29, 0.717) is 18.2 Å². The van der Waals surface area contributed by atoms with E-state index in [-0.39, 0.29) is 11.9 Å². The number of benzene rings is 1. The molecular formula is C12H17ClN2O2. The van der Waals surface area contributed by atoms with Crippen molar-refractivity contribution in [2.45, 2.75) is 13.0 Å². The molecule has 0 aliphatic rings. The van der Waals surface area contributed by atoms with Gasteiger partial charge in [-0.25, -0.2) is 0 Å². The summed E-state index contributed by atoms with van der Waals surface area (Å²) in [6.45, 7) is 2.90. The molecule has 0 fully saturated rings. The number of carbonyl (C=O) groups excluding carboxylic acids is 1. The first kappa shape index (κ1) is 13.8. The maximum absolute atomic E-state index is 10.9. The first-order valence-electron chi connectivity index (χ1n) is 5.38. The molecule has 94 valence electrons. The summed E-state index contributed by atoms with van der Waals surface area (Å²) in [6.07, 6.45) is 0. The van der Waals surface area contributed by atoms with E-state index in [2.05, 4.69) is 0 Å². The van der Waals surface area contributed by atoms with Crippen LogP contribution in [0, 0.1) is 0 Å². The maximum atomic E-state index is 10.9. The number of nitrogens with two attached hydrogens (primary N) is 1. The molecule has 0 aromatic heterocycles. The smallest absolute Gasteiger partial charge is 0.234 e. The largest absolute Gasteiger partial charge is 0.492 e. The van der Waals surface area contributed by atoms with Crippen LogP contribution in [0.25, 0.3) is 0 Å². The van der Waals surface area contributed by atoms with Crippen molar-refractivity contribution in [1.82, 2.24) is 4.90 Å². The standard InChI is InChI=1S/C12H17ClN2O2/c1-9(12(14)16)15(2)7-8-17-11-5-3-10(13)4-6-11/h3-6,9H,7-8H2,1-2H3,(H2,14,16). The van der Waals surface area contributed by atoms with Crippen LogP contribution in [-0.4, -0.2) is 37.0 Å². The minimum absolute atomic E-state index is 0.288. The number of carbonyl (C=O) groups is 1. The zero-order chi connectivity index (χ0) is 12.8. The zero-order valence-electron chi connectivity index (χ0n) is 10.0. The summed E-state index contributed by atoms with van der Waals surface area (Å²) in [4.78, 5) is 12.8. The molecule has 0 heterocycles. The number of likely N-dealkylation sites (N-methyl/N-ethyl adjacent to an activating group) is 1. The van der Waals surface area contributed by atoms with Crippen molar-refractivity contribution in [3.63, 3.8) is 0 Å². The highest BCUT2D eigenvalue weighted by Crippen LogP contribution is 2.15. The predicted molar refractivity (Wildman–Crippen MR) is 68.2 cm³/mol. The summed E-state index contributed by atoms with van der Waals surface area (Å²) < 4.78 is 5.51. The fourth-order valence-electron chi connectivity index (χ4n) is 1.25. The lowest BCUT2D eigenvalue weighted by Crippen LogP contribution is -2.41. The van der Waals surface area contributed by atoms with E-state index in [1.54, 1.807) is 31.2 Å². The Hall–Kier alpha value is -1.26. The van der Waals surface area contributed by atoms with Gasteiger partial charge >= 0.3 is 0 Å². The third-order valence-corrected chi connectivity index (χ3v) is 2.85. The van der Waals surface area contributed by atoms with E-state index in [1.807, 2.05) is 11.9 Å². The Labute approximate surface area is 106 Å². The highest BCUT2D eigenvalue weighted by Gasteiger charge is 2.13. The zero-order valence-corrected chi connectivity index (χ0v) is 10.8. The van der Waals surface area contributed by atoms with E-state index < -0.39 is 0 Å². The van der Waals surface area contributed by atoms with Gasteiger partial charge in [0.05, 0.1) is 6.04 Å². The number of hydrogen-bond acceptors (Lipinski definition) is 3. The lowest BCUT2D eigenvalue weighted by molar-refractivity contribution is -0.122. The van der Waals surface area contributed by atoms with Gasteiger partial charge in [-0.15, -0.1) is 0 Å². The van der Waals surface area contributed by atoms with Crippen LogP contribution in [0.4, 0.5) is 0 Å². The van der Waals surface area contributed by atoms with Crippen LogP contribution in [0.2, 0.25) is 5.02 Å². The van der Waals surface area contributed by atoms with Crippen LogP contribution < -0.4 is 10.5 Å². The number of halogens is 1.